The van der Waals surface area contributed by atoms with E-state index in [-0.39, 0.29) is 17.0 Å². The Bertz CT molecular complexity index is 1080. The third kappa shape index (κ3) is 4.39. The van der Waals surface area contributed by atoms with Gasteiger partial charge >= 0.3 is 5.97 Å². The van der Waals surface area contributed by atoms with Crippen LogP contribution in [0.3, 0.4) is 0 Å². The smallest absolute Gasteiger partial charge is 0.352 e. The highest BCUT2D eigenvalue weighted by Gasteiger charge is 2.16. The molecule has 140 valence electrons. The van der Waals surface area contributed by atoms with Crippen molar-refractivity contribution in [2.75, 3.05) is 0 Å². The van der Waals surface area contributed by atoms with Crippen molar-refractivity contribution >= 4 is 29.6 Å². The summed E-state index contributed by atoms with van der Waals surface area (Å²) >= 11 is 6.23. The number of benzene rings is 3. The Morgan fingerprint density at radius 3 is 2.36 bits per heavy atom. The van der Waals surface area contributed by atoms with Gasteiger partial charge in [-0.2, -0.15) is 0 Å². The standard InChI is InChI=1S/C22H16ClNO4/c23-18-10-3-1-8-16(18)15-7-5-6-14(12-15)13-19(22(27)28)24-21(26)17-9-2-4-11-20(17)25/h1-13,25H,(H,24,26)(H,27,28)/b19-13-. The summed E-state index contributed by atoms with van der Waals surface area (Å²) in [6.45, 7) is 0. The number of phenols is 1. The predicted octanol–water partition coefficient (Wildman–Crippen LogP) is 4.57. The molecule has 1 amide bonds. The highest BCUT2D eigenvalue weighted by Crippen LogP contribution is 2.28. The van der Waals surface area contributed by atoms with Crippen molar-refractivity contribution < 1.29 is 19.8 Å². The first-order valence-corrected chi connectivity index (χ1v) is 8.73. The monoisotopic (exact) mass is 393 g/mol. The van der Waals surface area contributed by atoms with E-state index in [2.05, 4.69) is 5.32 Å². The maximum atomic E-state index is 12.3. The van der Waals surface area contributed by atoms with Crippen LogP contribution in [0.25, 0.3) is 17.2 Å². The summed E-state index contributed by atoms with van der Waals surface area (Å²) in [4.78, 5) is 23.9. The number of para-hydroxylation sites is 1. The zero-order chi connectivity index (χ0) is 20.1. The Kier molecular flexibility index (Phi) is 5.77. The lowest BCUT2D eigenvalue weighted by molar-refractivity contribution is -0.132. The van der Waals surface area contributed by atoms with Crippen molar-refractivity contribution in [3.05, 3.63) is 94.6 Å². The minimum Gasteiger partial charge on any atom is -0.507 e. The normalized spacial score (nSPS) is 11.1. The summed E-state index contributed by atoms with van der Waals surface area (Å²) in [5, 5.41) is 22.1. The second kappa shape index (κ2) is 8.41. The van der Waals surface area contributed by atoms with Crippen LogP contribution in [0, 0.1) is 0 Å². The van der Waals surface area contributed by atoms with E-state index in [1.165, 1.54) is 18.2 Å². The van der Waals surface area contributed by atoms with Crippen molar-refractivity contribution in [3.8, 4) is 16.9 Å². The van der Waals surface area contributed by atoms with Crippen molar-refractivity contribution in [3.63, 3.8) is 0 Å². The molecule has 0 bridgehead atoms. The molecule has 0 aliphatic rings. The molecule has 0 fully saturated rings. The summed E-state index contributed by atoms with van der Waals surface area (Å²) in [5.41, 5.74) is 1.88. The molecule has 3 aromatic carbocycles. The van der Waals surface area contributed by atoms with E-state index in [0.29, 0.717) is 10.6 Å². The second-order valence-electron chi connectivity index (χ2n) is 5.94. The molecular weight excluding hydrogens is 378 g/mol. The third-order valence-electron chi connectivity index (χ3n) is 4.01. The number of halogens is 1. The van der Waals surface area contributed by atoms with Crippen molar-refractivity contribution in [1.82, 2.24) is 5.32 Å². The Hall–Kier alpha value is -3.57. The number of phenolic OH excluding ortho intramolecular Hbond substituents is 1. The van der Waals surface area contributed by atoms with Gasteiger partial charge in [-0.1, -0.05) is 60.1 Å². The molecule has 0 atom stereocenters. The van der Waals surface area contributed by atoms with Gasteiger partial charge in [-0.05, 0) is 41.5 Å². The van der Waals surface area contributed by atoms with Gasteiger partial charge in [0.2, 0.25) is 0 Å². The van der Waals surface area contributed by atoms with E-state index < -0.39 is 11.9 Å². The van der Waals surface area contributed by atoms with Gasteiger partial charge in [-0.15, -0.1) is 0 Å². The fraction of sp³-hybridized carbons (Fsp3) is 0. The summed E-state index contributed by atoms with van der Waals surface area (Å²) < 4.78 is 0. The van der Waals surface area contributed by atoms with E-state index >= 15 is 0 Å². The Morgan fingerprint density at radius 1 is 0.929 bits per heavy atom. The van der Waals surface area contributed by atoms with Crippen LogP contribution in [-0.4, -0.2) is 22.1 Å². The average Bonchev–Trinajstić information content (AvgIpc) is 2.68. The lowest BCUT2D eigenvalue weighted by atomic mass is 10.0. The lowest BCUT2D eigenvalue weighted by Crippen LogP contribution is -2.27. The molecule has 3 aromatic rings. The minimum absolute atomic E-state index is 0.0144. The van der Waals surface area contributed by atoms with Gasteiger partial charge in [0.15, 0.2) is 0 Å². The van der Waals surface area contributed by atoms with Crippen LogP contribution in [0.2, 0.25) is 5.02 Å². The van der Waals surface area contributed by atoms with Gasteiger partial charge in [-0.3, -0.25) is 4.79 Å². The highest BCUT2D eigenvalue weighted by molar-refractivity contribution is 6.33. The number of hydrogen-bond donors (Lipinski definition) is 3. The predicted molar refractivity (Wildman–Crippen MR) is 108 cm³/mol. The first-order chi connectivity index (χ1) is 13.5. The summed E-state index contributed by atoms with van der Waals surface area (Å²) in [7, 11) is 0. The minimum atomic E-state index is -1.30. The quantitative estimate of drug-likeness (QED) is 0.554. The molecule has 28 heavy (non-hydrogen) atoms. The largest absolute Gasteiger partial charge is 0.507 e. The highest BCUT2D eigenvalue weighted by atomic mass is 35.5. The number of nitrogens with one attached hydrogen (secondary N) is 1. The fourth-order valence-electron chi connectivity index (χ4n) is 2.66. The molecule has 6 heteroatoms. The van der Waals surface area contributed by atoms with Gasteiger partial charge < -0.3 is 15.5 Å². The number of aromatic hydroxyl groups is 1. The Balaban J connectivity index is 1.92. The van der Waals surface area contributed by atoms with Crippen LogP contribution < -0.4 is 5.32 Å². The van der Waals surface area contributed by atoms with Gasteiger partial charge in [-0.25, -0.2) is 4.79 Å². The molecule has 0 unspecified atom stereocenters. The number of hydrogen-bond acceptors (Lipinski definition) is 3. The maximum Gasteiger partial charge on any atom is 0.352 e. The topological polar surface area (TPSA) is 86.6 Å². The average molecular weight is 394 g/mol. The lowest BCUT2D eigenvalue weighted by Gasteiger charge is -2.09. The molecule has 0 radical (unpaired) electrons. The van der Waals surface area contributed by atoms with Crippen LogP contribution in [-0.2, 0) is 4.79 Å². The van der Waals surface area contributed by atoms with E-state index in [4.69, 9.17) is 11.6 Å². The van der Waals surface area contributed by atoms with Crippen molar-refractivity contribution in [1.29, 1.82) is 0 Å². The van der Waals surface area contributed by atoms with Crippen LogP contribution in [0.4, 0.5) is 0 Å². The van der Waals surface area contributed by atoms with Gasteiger partial charge in [0.05, 0.1) is 5.56 Å². The molecule has 0 aromatic heterocycles. The number of carboxylic acid groups (broad SMARTS) is 1. The number of aliphatic carboxylic acids is 1. The number of carbonyl (C=O) groups is 2. The summed E-state index contributed by atoms with van der Waals surface area (Å²) in [6.07, 6.45) is 1.35. The van der Waals surface area contributed by atoms with E-state index in [0.717, 1.165) is 11.1 Å². The van der Waals surface area contributed by atoms with E-state index in [1.54, 1.807) is 36.4 Å². The van der Waals surface area contributed by atoms with E-state index in [9.17, 15) is 19.8 Å². The van der Waals surface area contributed by atoms with Crippen molar-refractivity contribution in [2.45, 2.75) is 0 Å². The molecule has 0 spiro atoms. The number of rotatable bonds is 5. The zero-order valence-electron chi connectivity index (χ0n) is 14.6. The molecule has 0 saturated heterocycles. The molecule has 0 saturated carbocycles. The number of amides is 1. The van der Waals surface area contributed by atoms with Gasteiger partial charge in [0.1, 0.15) is 11.4 Å². The summed E-state index contributed by atoms with van der Waals surface area (Å²) in [6, 6.07) is 20.4. The van der Waals surface area contributed by atoms with Gasteiger partial charge in [0, 0.05) is 10.6 Å². The van der Waals surface area contributed by atoms with Crippen LogP contribution >= 0.6 is 11.6 Å². The molecule has 0 aliphatic carbocycles. The second-order valence-corrected chi connectivity index (χ2v) is 6.35. The Labute approximate surface area is 166 Å². The molecule has 3 rings (SSSR count). The molecular formula is C22H16ClNO4. The van der Waals surface area contributed by atoms with Gasteiger partial charge in [0.25, 0.3) is 5.91 Å². The third-order valence-corrected chi connectivity index (χ3v) is 4.34. The Morgan fingerprint density at radius 2 is 1.64 bits per heavy atom. The van der Waals surface area contributed by atoms with Crippen molar-refractivity contribution in [2.24, 2.45) is 0 Å². The first kappa shape index (κ1) is 19.2. The molecule has 0 heterocycles. The van der Waals surface area contributed by atoms with Crippen LogP contribution in [0.1, 0.15) is 15.9 Å². The SMILES string of the molecule is O=C(O)/C(=C/c1cccc(-c2ccccc2Cl)c1)NC(=O)c1ccccc1O. The fourth-order valence-corrected chi connectivity index (χ4v) is 2.91. The first-order valence-electron chi connectivity index (χ1n) is 8.35. The van der Waals surface area contributed by atoms with Crippen LogP contribution in [0.5, 0.6) is 5.75 Å². The molecule has 5 nitrogen and oxygen atoms in total. The number of carbonyl (C=O) groups excluding carboxylic acids is 1. The zero-order valence-corrected chi connectivity index (χ0v) is 15.4. The molecule has 0 aliphatic heterocycles. The summed E-state index contributed by atoms with van der Waals surface area (Å²) in [5.74, 6) is -2.24. The maximum absolute atomic E-state index is 12.3. The number of carboxylic acids is 1. The van der Waals surface area contributed by atoms with E-state index in [1.807, 2.05) is 24.3 Å². The molecule has 3 N–H and O–H groups in total. The van der Waals surface area contributed by atoms with Crippen LogP contribution in [0.15, 0.2) is 78.5 Å².